The van der Waals surface area contributed by atoms with Crippen LogP contribution in [0.3, 0.4) is 0 Å². The Morgan fingerprint density at radius 3 is 3.00 bits per heavy atom. The van der Waals surface area contributed by atoms with Crippen molar-refractivity contribution in [2.45, 2.75) is 40.0 Å². The zero-order valence-corrected chi connectivity index (χ0v) is 9.93. The molecule has 0 aliphatic rings. The van der Waals surface area contributed by atoms with Crippen LogP contribution < -0.4 is 5.32 Å². The van der Waals surface area contributed by atoms with Crippen LogP contribution >= 0.6 is 0 Å². The number of carbonyl (C=O) groups is 1. The lowest BCUT2D eigenvalue weighted by Crippen LogP contribution is -2.27. The van der Waals surface area contributed by atoms with Crippen LogP contribution in [-0.4, -0.2) is 33.4 Å². The molecule has 0 aromatic carbocycles. The maximum Gasteiger partial charge on any atom is 0.320 e. The van der Waals surface area contributed by atoms with E-state index in [9.17, 15) is 4.79 Å². The van der Waals surface area contributed by atoms with Gasteiger partial charge in [0.25, 0.3) is 0 Å². The Hall–Kier alpha value is -1.43. The quantitative estimate of drug-likeness (QED) is 0.708. The van der Waals surface area contributed by atoms with Gasteiger partial charge in [-0.1, -0.05) is 0 Å². The highest BCUT2D eigenvalue weighted by atomic mass is 16.5. The van der Waals surface area contributed by atoms with E-state index in [1.165, 1.54) is 0 Å². The van der Waals surface area contributed by atoms with Gasteiger partial charge >= 0.3 is 5.97 Å². The number of hydrogen-bond acceptors (Lipinski definition) is 5. The predicted octanol–water partition coefficient (Wildman–Crippen LogP) is 0.339. The third-order valence-electron chi connectivity index (χ3n) is 1.96. The fraction of sp³-hybridized carbons (Fsp3) is 0.700. The van der Waals surface area contributed by atoms with Crippen molar-refractivity contribution in [1.82, 2.24) is 20.1 Å². The number of aromatic nitrogens is 3. The number of aryl methyl sites for hydroxylation is 1. The van der Waals surface area contributed by atoms with Gasteiger partial charge in [0.1, 0.15) is 12.2 Å². The molecule has 90 valence electrons. The molecule has 0 bridgehead atoms. The second-order valence-electron chi connectivity index (χ2n) is 3.68. The van der Waals surface area contributed by atoms with Crippen LogP contribution in [0.1, 0.15) is 26.6 Å². The molecule has 1 heterocycles. The zero-order valence-electron chi connectivity index (χ0n) is 9.93. The molecule has 0 radical (unpaired) electrons. The van der Waals surface area contributed by atoms with Gasteiger partial charge in [-0.05, 0) is 20.8 Å². The Balaban J connectivity index is 2.28. The first-order valence-electron chi connectivity index (χ1n) is 5.40. The molecule has 0 fully saturated rings. The minimum Gasteiger partial charge on any atom is -0.462 e. The summed E-state index contributed by atoms with van der Waals surface area (Å²) in [5, 5.41) is 10.7. The van der Waals surface area contributed by atoms with Crippen molar-refractivity contribution < 1.29 is 9.53 Å². The molecule has 1 N–H and O–H groups in total. The van der Waals surface area contributed by atoms with Gasteiger partial charge in [0.2, 0.25) is 0 Å². The average Bonchev–Trinajstić information content (AvgIpc) is 2.64. The number of ether oxygens (including phenoxy) is 1. The number of carbonyl (C=O) groups excluding carboxylic acids is 1. The second-order valence-corrected chi connectivity index (χ2v) is 3.68. The molecule has 0 unspecified atom stereocenters. The molecule has 0 amide bonds. The topological polar surface area (TPSA) is 69.0 Å². The summed E-state index contributed by atoms with van der Waals surface area (Å²) in [5.41, 5.74) is 0. The summed E-state index contributed by atoms with van der Waals surface area (Å²) >= 11 is 0. The van der Waals surface area contributed by atoms with Crippen LogP contribution in [-0.2, 0) is 22.6 Å². The van der Waals surface area contributed by atoms with E-state index in [2.05, 4.69) is 15.5 Å². The monoisotopic (exact) mass is 226 g/mol. The number of hydrogen-bond donors (Lipinski definition) is 1. The first-order chi connectivity index (χ1) is 7.63. The highest BCUT2D eigenvalue weighted by molar-refractivity contribution is 5.71. The summed E-state index contributed by atoms with van der Waals surface area (Å²) in [6, 6.07) is 0. The number of esters is 1. The molecule has 1 rings (SSSR count). The van der Waals surface area contributed by atoms with Crippen molar-refractivity contribution in [2.24, 2.45) is 0 Å². The van der Waals surface area contributed by atoms with Crippen LogP contribution in [0, 0.1) is 0 Å². The van der Waals surface area contributed by atoms with E-state index in [-0.39, 0.29) is 18.6 Å². The Labute approximate surface area is 95.0 Å². The maximum atomic E-state index is 11.2. The summed E-state index contributed by atoms with van der Waals surface area (Å²) in [6.07, 6.45) is 1.59. The van der Waals surface area contributed by atoms with Gasteiger partial charge in [0.15, 0.2) is 0 Å². The molecular formula is C10H18N4O2. The third-order valence-corrected chi connectivity index (χ3v) is 1.96. The molecule has 0 saturated carbocycles. The van der Waals surface area contributed by atoms with Gasteiger partial charge in [-0.25, -0.2) is 0 Å². The van der Waals surface area contributed by atoms with E-state index in [0.29, 0.717) is 6.54 Å². The summed E-state index contributed by atoms with van der Waals surface area (Å²) in [7, 11) is 0. The number of nitrogens with one attached hydrogen (secondary N) is 1. The lowest BCUT2D eigenvalue weighted by atomic mass is 10.5. The van der Waals surface area contributed by atoms with Crippen molar-refractivity contribution in [3.8, 4) is 0 Å². The van der Waals surface area contributed by atoms with E-state index in [1.807, 2.05) is 25.3 Å². The van der Waals surface area contributed by atoms with Crippen LogP contribution in [0.2, 0.25) is 0 Å². The largest absolute Gasteiger partial charge is 0.462 e. The third kappa shape index (κ3) is 3.98. The van der Waals surface area contributed by atoms with Gasteiger partial charge in [0, 0.05) is 6.54 Å². The normalized spacial score (nSPS) is 10.8. The van der Waals surface area contributed by atoms with E-state index >= 15 is 0 Å². The number of nitrogens with zero attached hydrogens (tertiary/aromatic N) is 3. The molecule has 0 saturated heterocycles. The highest BCUT2D eigenvalue weighted by Crippen LogP contribution is 1.94. The molecular weight excluding hydrogens is 208 g/mol. The minimum absolute atomic E-state index is 0.0754. The fourth-order valence-electron chi connectivity index (χ4n) is 1.26. The molecule has 0 aliphatic carbocycles. The molecule has 1 aromatic heterocycles. The SMILES string of the molecule is CCn1cnnc1CNCC(=O)OC(C)C. The first kappa shape index (κ1) is 12.6. The molecule has 1 aromatic rings. The molecule has 6 nitrogen and oxygen atoms in total. The molecule has 0 spiro atoms. The van der Waals surface area contributed by atoms with Crippen molar-refractivity contribution in [3.05, 3.63) is 12.2 Å². The van der Waals surface area contributed by atoms with Crippen molar-refractivity contribution in [1.29, 1.82) is 0 Å². The Morgan fingerprint density at radius 1 is 1.62 bits per heavy atom. The summed E-state index contributed by atoms with van der Waals surface area (Å²) in [5.74, 6) is 0.567. The van der Waals surface area contributed by atoms with Crippen LogP contribution in [0.15, 0.2) is 6.33 Å². The van der Waals surface area contributed by atoms with E-state index in [1.54, 1.807) is 6.33 Å². The molecule has 6 heteroatoms. The van der Waals surface area contributed by atoms with Gasteiger partial charge in [-0.3, -0.25) is 10.1 Å². The minimum atomic E-state index is -0.252. The van der Waals surface area contributed by atoms with Crippen LogP contribution in [0.4, 0.5) is 0 Å². The summed E-state index contributed by atoms with van der Waals surface area (Å²) in [6.45, 7) is 7.19. The van der Waals surface area contributed by atoms with Gasteiger partial charge in [-0.15, -0.1) is 10.2 Å². The first-order valence-corrected chi connectivity index (χ1v) is 5.40. The van der Waals surface area contributed by atoms with Crippen LogP contribution in [0.25, 0.3) is 0 Å². The fourth-order valence-corrected chi connectivity index (χ4v) is 1.26. The molecule has 0 aliphatic heterocycles. The van der Waals surface area contributed by atoms with E-state index in [0.717, 1.165) is 12.4 Å². The van der Waals surface area contributed by atoms with Gasteiger partial charge in [0.05, 0.1) is 19.2 Å². The smallest absolute Gasteiger partial charge is 0.320 e. The summed E-state index contributed by atoms with van der Waals surface area (Å²) < 4.78 is 6.90. The highest BCUT2D eigenvalue weighted by Gasteiger charge is 2.06. The lowest BCUT2D eigenvalue weighted by Gasteiger charge is -2.08. The van der Waals surface area contributed by atoms with Gasteiger partial charge in [-0.2, -0.15) is 0 Å². The van der Waals surface area contributed by atoms with Crippen molar-refractivity contribution >= 4 is 5.97 Å². The molecule has 16 heavy (non-hydrogen) atoms. The zero-order chi connectivity index (χ0) is 12.0. The Kier molecular flexibility index (Phi) is 4.91. The lowest BCUT2D eigenvalue weighted by molar-refractivity contribution is -0.146. The summed E-state index contributed by atoms with van der Waals surface area (Å²) in [4.78, 5) is 11.2. The Bertz CT molecular complexity index is 335. The van der Waals surface area contributed by atoms with E-state index in [4.69, 9.17) is 4.74 Å². The predicted molar refractivity (Wildman–Crippen MR) is 58.6 cm³/mol. The standard InChI is InChI=1S/C10H18N4O2/c1-4-14-7-12-13-9(14)5-11-6-10(15)16-8(2)3/h7-8,11H,4-6H2,1-3H3. The van der Waals surface area contributed by atoms with Crippen molar-refractivity contribution in [3.63, 3.8) is 0 Å². The average molecular weight is 226 g/mol. The Morgan fingerprint density at radius 2 is 2.38 bits per heavy atom. The maximum absolute atomic E-state index is 11.2. The number of rotatable bonds is 6. The van der Waals surface area contributed by atoms with Gasteiger partial charge < -0.3 is 9.30 Å². The van der Waals surface area contributed by atoms with E-state index < -0.39 is 0 Å². The van der Waals surface area contributed by atoms with Crippen LogP contribution in [0.5, 0.6) is 0 Å². The molecule has 0 atom stereocenters. The van der Waals surface area contributed by atoms with Crippen molar-refractivity contribution in [2.75, 3.05) is 6.54 Å². The second kappa shape index (κ2) is 6.22.